The van der Waals surface area contributed by atoms with Crippen LogP contribution < -0.4 is 0 Å². The van der Waals surface area contributed by atoms with E-state index in [1.54, 1.807) is 0 Å². The Balaban J connectivity index is 1.48. The second-order valence-electron chi connectivity index (χ2n) is 7.69. The maximum atomic E-state index is 6.19. The first-order valence-electron chi connectivity index (χ1n) is 10.1. The molecule has 146 valence electrons. The highest BCUT2D eigenvalue weighted by atomic mass is 16.5. The van der Waals surface area contributed by atoms with Crippen LogP contribution in [0.5, 0.6) is 0 Å². The second kappa shape index (κ2) is 8.72. The van der Waals surface area contributed by atoms with E-state index in [-0.39, 0.29) is 6.10 Å². The van der Waals surface area contributed by atoms with Crippen LogP contribution in [0.2, 0.25) is 0 Å². The van der Waals surface area contributed by atoms with Gasteiger partial charge in [-0.15, -0.1) is 0 Å². The van der Waals surface area contributed by atoms with E-state index < -0.39 is 0 Å². The van der Waals surface area contributed by atoms with Crippen molar-refractivity contribution < 1.29 is 4.74 Å². The van der Waals surface area contributed by atoms with Gasteiger partial charge in [-0.3, -0.25) is 4.90 Å². The first-order chi connectivity index (χ1) is 13.7. The summed E-state index contributed by atoms with van der Waals surface area (Å²) in [5.74, 6) is 1.42. The van der Waals surface area contributed by atoms with Crippen LogP contribution in [0.15, 0.2) is 66.9 Å². The fourth-order valence-electron chi connectivity index (χ4n) is 4.09. The molecule has 1 aromatic heterocycles. The minimum atomic E-state index is 0.230. The number of imidazole rings is 1. The Morgan fingerprint density at radius 2 is 1.68 bits per heavy atom. The van der Waals surface area contributed by atoms with Gasteiger partial charge in [0.2, 0.25) is 0 Å². The van der Waals surface area contributed by atoms with Gasteiger partial charge in [-0.05, 0) is 24.5 Å². The lowest BCUT2D eigenvalue weighted by Crippen LogP contribution is -2.42. The number of aryl methyl sites for hydroxylation is 1. The van der Waals surface area contributed by atoms with Crippen molar-refractivity contribution in [3.63, 3.8) is 0 Å². The van der Waals surface area contributed by atoms with Gasteiger partial charge in [0.1, 0.15) is 5.82 Å². The third-order valence-corrected chi connectivity index (χ3v) is 5.83. The molecule has 1 aliphatic rings. The van der Waals surface area contributed by atoms with Crippen molar-refractivity contribution in [2.45, 2.75) is 31.9 Å². The molecular weight excluding hydrogens is 346 g/mol. The molecule has 0 radical (unpaired) electrons. The third-order valence-electron chi connectivity index (χ3n) is 5.83. The highest BCUT2D eigenvalue weighted by Crippen LogP contribution is 2.31. The van der Waals surface area contributed by atoms with E-state index in [9.17, 15) is 0 Å². The molecule has 0 N–H and O–H groups in total. The number of rotatable bonds is 6. The van der Waals surface area contributed by atoms with E-state index in [0.717, 1.165) is 38.5 Å². The van der Waals surface area contributed by atoms with Crippen LogP contribution >= 0.6 is 0 Å². The zero-order chi connectivity index (χ0) is 19.3. The standard InChI is InChI=1S/C24H29N3O/c1-19-25-16-22(26(19)2)17-27-13-14-28-23(18-27)15-24(20-9-5-3-6-10-20)21-11-7-4-8-12-21/h3-12,16,23-24H,13-15,17-18H2,1-2H3. The summed E-state index contributed by atoms with van der Waals surface area (Å²) in [6.45, 7) is 5.70. The van der Waals surface area contributed by atoms with E-state index in [2.05, 4.69) is 89.1 Å². The average Bonchev–Trinajstić information content (AvgIpc) is 3.06. The molecule has 4 rings (SSSR count). The zero-order valence-corrected chi connectivity index (χ0v) is 16.8. The van der Waals surface area contributed by atoms with E-state index >= 15 is 0 Å². The van der Waals surface area contributed by atoms with Crippen LogP contribution in [0.1, 0.15) is 35.0 Å². The van der Waals surface area contributed by atoms with Crippen molar-refractivity contribution in [1.82, 2.24) is 14.5 Å². The van der Waals surface area contributed by atoms with Crippen LogP contribution in [0.25, 0.3) is 0 Å². The molecule has 1 fully saturated rings. The topological polar surface area (TPSA) is 30.3 Å². The summed E-state index contributed by atoms with van der Waals surface area (Å²) in [5, 5.41) is 0. The number of nitrogens with zero attached hydrogens (tertiary/aromatic N) is 3. The largest absolute Gasteiger partial charge is 0.376 e. The molecule has 3 aromatic rings. The lowest BCUT2D eigenvalue weighted by Gasteiger charge is -2.35. The van der Waals surface area contributed by atoms with E-state index in [1.165, 1.54) is 16.8 Å². The maximum absolute atomic E-state index is 6.19. The number of hydrogen-bond donors (Lipinski definition) is 0. The first kappa shape index (κ1) is 18.9. The summed E-state index contributed by atoms with van der Waals surface area (Å²) in [5.41, 5.74) is 3.98. The van der Waals surface area contributed by atoms with Gasteiger partial charge in [0, 0.05) is 38.8 Å². The molecule has 0 bridgehead atoms. The minimum absolute atomic E-state index is 0.230. The monoisotopic (exact) mass is 375 g/mol. The molecule has 1 aliphatic heterocycles. The molecule has 1 unspecified atom stereocenters. The number of ether oxygens (including phenoxy) is 1. The Morgan fingerprint density at radius 3 is 2.25 bits per heavy atom. The smallest absolute Gasteiger partial charge is 0.105 e. The van der Waals surface area contributed by atoms with Crippen LogP contribution in [-0.2, 0) is 18.3 Å². The molecule has 0 aliphatic carbocycles. The molecule has 2 aromatic carbocycles. The van der Waals surface area contributed by atoms with Crippen molar-refractivity contribution in [3.05, 3.63) is 89.5 Å². The Labute approximate surface area is 167 Å². The Morgan fingerprint density at radius 1 is 1.04 bits per heavy atom. The second-order valence-corrected chi connectivity index (χ2v) is 7.69. The predicted molar refractivity (Wildman–Crippen MR) is 112 cm³/mol. The molecule has 4 nitrogen and oxygen atoms in total. The Hall–Kier alpha value is -2.43. The fourth-order valence-corrected chi connectivity index (χ4v) is 4.09. The van der Waals surface area contributed by atoms with Gasteiger partial charge in [-0.25, -0.2) is 4.98 Å². The Bertz CT molecular complexity index is 836. The van der Waals surface area contributed by atoms with Gasteiger partial charge in [0.15, 0.2) is 0 Å². The number of morpholine rings is 1. The number of hydrogen-bond acceptors (Lipinski definition) is 3. The molecule has 1 saturated heterocycles. The molecule has 28 heavy (non-hydrogen) atoms. The van der Waals surface area contributed by atoms with E-state index in [1.807, 2.05) is 6.20 Å². The van der Waals surface area contributed by atoms with Gasteiger partial charge in [0.05, 0.1) is 18.4 Å². The van der Waals surface area contributed by atoms with Gasteiger partial charge < -0.3 is 9.30 Å². The summed E-state index contributed by atoms with van der Waals surface area (Å²) in [7, 11) is 2.09. The molecule has 0 amide bonds. The first-order valence-corrected chi connectivity index (χ1v) is 10.1. The molecular formula is C24H29N3O. The van der Waals surface area contributed by atoms with Gasteiger partial charge in [-0.2, -0.15) is 0 Å². The van der Waals surface area contributed by atoms with Crippen molar-refractivity contribution in [2.24, 2.45) is 7.05 Å². The van der Waals surface area contributed by atoms with Crippen LogP contribution in [0.4, 0.5) is 0 Å². The maximum Gasteiger partial charge on any atom is 0.105 e. The highest BCUT2D eigenvalue weighted by Gasteiger charge is 2.26. The molecule has 0 saturated carbocycles. The van der Waals surface area contributed by atoms with Crippen LogP contribution in [0, 0.1) is 6.92 Å². The SMILES string of the molecule is Cc1ncc(CN2CCOC(CC(c3ccccc3)c3ccccc3)C2)n1C. The van der Waals surface area contributed by atoms with Crippen LogP contribution in [-0.4, -0.2) is 40.3 Å². The van der Waals surface area contributed by atoms with Gasteiger partial charge >= 0.3 is 0 Å². The third kappa shape index (κ3) is 4.34. The summed E-state index contributed by atoms with van der Waals surface area (Å²) in [4.78, 5) is 6.93. The van der Waals surface area contributed by atoms with Crippen molar-refractivity contribution in [2.75, 3.05) is 19.7 Å². The van der Waals surface area contributed by atoms with Gasteiger partial charge in [0.25, 0.3) is 0 Å². The lowest BCUT2D eigenvalue weighted by atomic mass is 9.86. The number of aromatic nitrogens is 2. The van der Waals surface area contributed by atoms with Crippen LogP contribution in [0.3, 0.4) is 0 Å². The fraction of sp³-hybridized carbons (Fsp3) is 0.375. The Kier molecular flexibility index (Phi) is 5.89. The summed E-state index contributed by atoms with van der Waals surface area (Å²) < 4.78 is 8.37. The quantitative estimate of drug-likeness (QED) is 0.648. The number of benzene rings is 2. The van der Waals surface area contributed by atoms with Crippen molar-refractivity contribution in [1.29, 1.82) is 0 Å². The minimum Gasteiger partial charge on any atom is -0.376 e. The molecule has 4 heteroatoms. The van der Waals surface area contributed by atoms with E-state index in [4.69, 9.17) is 4.74 Å². The van der Waals surface area contributed by atoms with Crippen molar-refractivity contribution in [3.8, 4) is 0 Å². The average molecular weight is 376 g/mol. The summed E-state index contributed by atoms with van der Waals surface area (Å²) >= 11 is 0. The predicted octanol–water partition coefficient (Wildman–Crippen LogP) is 4.15. The van der Waals surface area contributed by atoms with Crippen molar-refractivity contribution >= 4 is 0 Å². The molecule has 0 spiro atoms. The van der Waals surface area contributed by atoms with Gasteiger partial charge in [-0.1, -0.05) is 60.7 Å². The lowest BCUT2D eigenvalue weighted by molar-refractivity contribution is -0.0370. The highest BCUT2D eigenvalue weighted by molar-refractivity contribution is 5.32. The normalized spacial score (nSPS) is 17.9. The molecule has 1 atom stereocenters. The summed E-state index contributed by atoms with van der Waals surface area (Å²) in [6.07, 6.45) is 3.22. The zero-order valence-electron chi connectivity index (χ0n) is 16.8. The molecule has 2 heterocycles. The van der Waals surface area contributed by atoms with E-state index in [0.29, 0.717) is 5.92 Å². The summed E-state index contributed by atoms with van der Waals surface area (Å²) in [6, 6.07) is 21.6.